The predicted molar refractivity (Wildman–Crippen MR) is 115 cm³/mol. The number of nitrogens with one attached hydrogen (secondary N) is 2. The average molecular weight is 427 g/mol. The van der Waals surface area contributed by atoms with Crippen LogP contribution in [0.4, 0.5) is 10.1 Å². The Labute approximate surface area is 178 Å². The molecule has 3 aromatic carbocycles. The number of rotatable bonds is 7. The summed E-state index contributed by atoms with van der Waals surface area (Å²) >= 11 is 5.87. The lowest BCUT2D eigenvalue weighted by atomic mass is 10.2. The molecule has 0 fully saturated rings. The van der Waals surface area contributed by atoms with E-state index in [0.29, 0.717) is 17.2 Å². The molecule has 3 rings (SSSR count). The molecule has 0 aliphatic rings. The van der Waals surface area contributed by atoms with Gasteiger partial charge in [-0.2, -0.15) is 0 Å². The zero-order valence-corrected chi connectivity index (χ0v) is 17.0. The molecule has 2 amide bonds. The molecule has 154 valence electrons. The number of benzene rings is 3. The van der Waals surface area contributed by atoms with Gasteiger partial charge < -0.3 is 15.4 Å². The van der Waals surface area contributed by atoms with E-state index in [9.17, 15) is 14.0 Å². The van der Waals surface area contributed by atoms with Crippen LogP contribution in [0.15, 0.2) is 66.7 Å². The minimum Gasteiger partial charge on any atom is -0.455 e. The lowest BCUT2D eigenvalue weighted by molar-refractivity contribution is -0.116. The largest absolute Gasteiger partial charge is 0.455 e. The van der Waals surface area contributed by atoms with Gasteiger partial charge in [-0.1, -0.05) is 35.9 Å². The molecule has 7 heteroatoms. The van der Waals surface area contributed by atoms with E-state index in [1.807, 2.05) is 37.3 Å². The summed E-state index contributed by atoms with van der Waals surface area (Å²) in [6.45, 7) is 2.06. The van der Waals surface area contributed by atoms with E-state index in [1.165, 1.54) is 6.07 Å². The Hall–Kier alpha value is -3.38. The highest BCUT2D eigenvalue weighted by Gasteiger charge is 2.12. The number of halogens is 2. The topological polar surface area (TPSA) is 67.4 Å². The molecule has 0 radical (unpaired) electrons. The SMILES string of the molecule is Cc1cccc(Oc2ccccc2NC(=O)CCNC(=O)c2ccc(F)cc2Cl)c1. The Morgan fingerprint density at radius 2 is 1.83 bits per heavy atom. The van der Waals surface area contributed by atoms with Crippen molar-refractivity contribution in [3.63, 3.8) is 0 Å². The third-order valence-electron chi connectivity index (χ3n) is 4.19. The van der Waals surface area contributed by atoms with Crippen LogP contribution < -0.4 is 15.4 Å². The number of anilines is 1. The first kappa shape index (κ1) is 21.3. The number of para-hydroxylation sites is 2. The molecule has 2 N–H and O–H groups in total. The third kappa shape index (κ3) is 5.81. The Bertz CT molecular complexity index is 1070. The van der Waals surface area contributed by atoms with Gasteiger partial charge in [-0.15, -0.1) is 0 Å². The summed E-state index contributed by atoms with van der Waals surface area (Å²) in [5, 5.41) is 5.40. The molecule has 0 spiro atoms. The summed E-state index contributed by atoms with van der Waals surface area (Å²) in [6, 6.07) is 18.2. The van der Waals surface area contributed by atoms with Crippen molar-refractivity contribution in [1.29, 1.82) is 0 Å². The van der Waals surface area contributed by atoms with Gasteiger partial charge in [0.15, 0.2) is 5.75 Å². The summed E-state index contributed by atoms with van der Waals surface area (Å²) < 4.78 is 19.0. The summed E-state index contributed by atoms with van der Waals surface area (Å²) in [6.07, 6.45) is 0.0450. The van der Waals surface area contributed by atoms with Gasteiger partial charge in [0, 0.05) is 13.0 Å². The Morgan fingerprint density at radius 3 is 2.60 bits per heavy atom. The minimum absolute atomic E-state index is 0.0131. The molecule has 0 atom stereocenters. The van der Waals surface area contributed by atoms with E-state index < -0.39 is 11.7 Å². The highest BCUT2D eigenvalue weighted by atomic mass is 35.5. The normalized spacial score (nSPS) is 10.4. The van der Waals surface area contributed by atoms with E-state index in [1.54, 1.807) is 18.2 Å². The predicted octanol–water partition coefficient (Wildman–Crippen LogP) is 5.34. The number of amides is 2. The zero-order valence-electron chi connectivity index (χ0n) is 16.2. The Morgan fingerprint density at radius 1 is 1.03 bits per heavy atom. The van der Waals surface area contributed by atoms with Gasteiger partial charge >= 0.3 is 0 Å². The van der Waals surface area contributed by atoms with Crippen LogP contribution in [-0.4, -0.2) is 18.4 Å². The van der Waals surface area contributed by atoms with Gasteiger partial charge in [0.05, 0.1) is 16.3 Å². The maximum atomic E-state index is 13.1. The van der Waals surface area contributed by atoms with E-state index in [0.717, 1.165) is 17.7 Å². The second-order valence-electron chi connectivity index (χ2n) is 6.59. The maximum absolute atomic E-state index is 13.1. The second-order valence-corrected chi connectivity index (χ2v) is 7.00. The van der Waals surface area contributed by atoms with Gasteiger partial charge in [-0.3, -0.25) is 9.59 Å². The van der Waals surface area contributed by atoms with Crippen LogP contribution in [0.25, 0.3) is 0 Å². The van der Waals surface area contributed by atoms with E-state index >= 15 is 0 Å². The smallest absolute Gasteiger partial charge is 0.252 e. The summed E-state index contributed by atoms with van der Waals surface area (Å²) in [4.78, 5) is 24.4. The summed E-state index contributed by atoms with van der Waals surface area (Å²) in [7, 11) is 0. The van der Waals surface area contributed by atoms with Crippen LogP contribution in [-0.2, 0) is 4.79 Å². The number of carbonyl (C=O) groups excluding carboxylic acids is 2. The molecule has 0 heterocycles. The van der Waals surface area contributed by atoms with Crippen LogP contribution in [0.1, 0.15) is 22.3 Å². The number of ether oxygens (including phenoxy) is 1. The monoisotopic (exact) mass is 426 g/mol. The van der Waals surface area contributed by atoms with Crippen LogP contribution in [0.3, 0.4) is 0 Å². The second kappa shape index (κ2) is 9.89. The van der Waals surface area contributed by atoms with Crippen molar-refractivity contribution in [2.75, 3.05) is 11.9 Å². The minimum atomic E-state index is -0.525. The van der Waals surface area contributed by atoms with Crippen molar-refractivity contribution in [3.05, 3.63) is 88.7 Å². The molecule has 0 saturated carbocycles. The average Bonchev–Trinajstić information content (AvgIpc) is 2.69. The highest BCUT2D eigenvalue weighted by Crippen LogP contribution is 2.29. The van der Waals surface area contributed by atoms with Crippen LogP contribution in [0.2, 0.25) is 5.02 Å². The first-order chi connectivity index (χ1) is 14.4. The van der Waals surface area contributed by atoms with Crippen molar-refractivity contribution >= 4 is 29.1 Å². The molecule has 0 aromatic heterocycles. The van der Waals surface area contributed by atoms with E-state index in [4.69, 9.17) is 16.3 Å². The Kier molecular flexibility index (Phi) is 7.03. The van der Waals surface area contributed by atoms with Crippen molar-refractivity contribution in [1.82, 2.24) is 5.32 Å². The molecule has 0 unspecified atom stereocenters. The van der Waals surface area contributed by atoms with Gasteiger partial charge in [0.25, 0.3) is 5.91 Å². The van der Waals surface area contributed by atoms with E-state index in [-0.39, 0.29) is 29.5 Å². The van der Waals surface area contributed by atoms with Crippen LogP contribution in [0, 0.1) is 12.7 Å². The Balaban J connectivity index is 1.55. The number of carbonyl (C=O) groups is 2. The number of aryl methyl sites for hydroxylation is 1. The first-order valence-electron chi connectivity index (χ1n) is 9.29. The maximum Gasteiger partial charge on any atom is 0.252 e. The lowest BCUT2D eigenvalue weighted by Gasteiger charge is -2.13. The number of hydrogen-bond acceptors (Lipinski definition) is 3. The molecule has 0 bridgehead atoms. The molecule has 0 aliphatic carbocycles. The molecule has 3 aromatic rings. The summed E-state index contributed by atoms with van der Waals surface area (Å²) in [5.41, 5.74) is 1.73. The molecule has 0 aliphatic heterocycles. The quantitative estimate of drug-likeness (QED) is 0.536. The molecule has 5 nitrogen and oxygen atoms in total. The van der Waals surface area contributed by atoms with Crippen molar-refractivity contribution in [2.24, 2.45) is 0 Å². The fourth-order valence-corrected chi connectivity index (χ4v) is 2.99. The van der Waals surface area contributed by atoms with E-state index in [2.05, 4.69) is 10.6 Å². The van der Waals surface area contributed by atoms with Crippen molar-refractivity contribution < 1.29 is 18.7 Å². The van der Waals surface area contributed by atoms with Crippen LogP contribution in [0.5, 0.6) is 11.5 Å². The van der Waals surface area contributed by atoms with Crippen molar-refractivity contribution in [2.45, 2.75) is 13.3 Å². The van der Waals surface area contributed by atoms with Gasteiger partial charge in [0.2, 0.25) is 5.91 Å². The fourth-order valence-electron chi connectivity index (χ4n) is 2.74. The molecular weight excluding hydrogens is 407 g/mol. The zero-order chi connectivity index (χ0) is 21.5. The van der Waals surface area contributed by atoms with Crippen LogP contribution >= 0.6 is 11.6 Å². The van der Waals surface area contributed by atoms with Gasteiger partial charge in [-0.05, 0) is 55.0 Å². The molecule has 0 saturated heterocycles. The standard InChI is InChI=1S/C23H20ClFN2O3/c1-15-5-4-6-17(13-15)30-21-8-3-2-7-20(21)27-22(28)11-12-26-23(29)18-10-9-16(25)14-19(18)24/h2-10,13-14H,11-12H2,1H3,(H,26,29)(H,27,28). The fraction of sp³-hybridized carbons (Fsp3) is 0.130. The molecular formula is C23H20ClFN2O3. The first-order valence-corrected chi connectivity index (χ1v) is 9.67. The van der Waals surface area contributed by atoms with Gasteiger partial charge in [0.1, 0.15) is 11.6 Å². The van der Waals surface area contributed by atoms with Crippen molar-refractivity contribution in [3.8, 4) is 11.5 Å². The number of hydrogen-bond donors (Lipinski definition) is 2. The van der Waals surface area contributed by atoms with Gasteiger partial charge in [-0.25, -0.2) is 4.39 Å². The third-order valence-corrected chi connectivity index (χ3v) is 4.50. The molecule has 30 heavy (non-hydrogen) atoms. The lowest BCUT2D eigenvalue weighted by Crippen LogP contribution is -2.28. The highest BCUT2D eigenvalue weighted by molar-refractivity contribution is 6.33. The summed E-state index contributed by atoms with van der Waals surface area (Å²) in [5.74, 6) is -0.113.